The van der Waals surface area contributed by atoms with Gasteiger partial charge >= 0.3 is 5.97 Å². The van der Waals surface area contributed by atoms with Gasteiger partial charge in [-0.25, -0.2) is 4.79 Å². The third-order valence-corrected chi connectivity index (χ3v) is 3.56. The van der Waals surface area contributed by atoms with E-state index in [0.717, 1.165) is 37.4 Å². The number of benzene rings is 1. The lowest BCUT2D eigenvalue weighted by Gasteiger charge is -2.25. The zero-order chi connectivity index (χ0) is 13.0. The van der Waals surface area contributed by atoms with Crippen molar-refractivity contribution in [3.05, 3.63) is 29.8 Å². The van der Waals surface area contributed by atoms with E-state index in [1.165, 1.54) is 0 Å². The first-order valence-corrected chi connectivity index (χ1v) is 6.54. The number of carbonyl (C=O) groups excluding carboxylic acids is 1. The van der Waals surface area contributed by atoms with Crippen molar-refractivity contribution < 1.29 is 14.3 Å². The van der Waals surface area contributed by atoms with Gasteiger partial charge in [0.25, 0.3) is 0 Å². The molecule has 0 radical (unpaired) electrons. The van der Waals surface area contributed by atoms with Gasteiger partial charge in [0.05, 0.1) is 12.7 Å². The molecule has 18 heavy (non-hydrogen) atoms. The monoisotopic (exact) mass is 248 g/mol. The Balaban J connectivity index is 1.90. The molecule has 0 atom stereocenters. The van der Waals surface area contributed by atoms with E-state index in [4.69, 9.17) is 9.47 Å². The number of ether oxygens (including phenoxy) is 2. The van der Waals surface area contributed by atoms with Gasteiger partial charge in [-0.1, -0.05) is 6.92 Å². The van der Waals surface area contributed by atoms with Crippen molar-refractivity contribution in [2.24, 2.45) is 5.92 Å². The van der Waals surface area contributed by atoms with Gasteiger partial charge in [-0.15, -0.1) is 0 Å². The largest absolute Gasteiger partial charge is 0.497 e. The lowest BCUT2D eigenvalue weighted by atomic mass is 9.89. The van der Waals surface area contributed by atoms with E-state index < -0.39 is 0 Å². The lowest BCUT2D eigenvalue weighted by molar-refractivity contribution is 0.0174. The Morgan fingerprint density at radius 1 is 1.11 bits per heavy atom. The molecule has 1 aromatic rings. The Kier molecular flexibility index (Phi) is 4.24. The number of esters is 1. The molecule has 3 heteroatoms. The number of rotatable bonds is 3. The predicted octanol–water partition coefficient (Wildman–Crippen LogP) is 3.43. The fraction of sp³-hybridized carbons (Fsp3) is 0.533. The normalized spacial score (nSPS) is 23.4. The maximum absolute atomic E-state index is 11.9. The molecule has 1 aliphatic rings. The summed E-state index contributed by atoms with van der Waals surface area (Å²) < 4.78 is 10.6. The third kappa shape index (κ3) is 3.25. The molecule has 0 aromatic heterocycles. The average Bonchev–Trinajstić information content (AvgIpc) is 2.41. The van der Waals surface area contributed by atoms with Crippen molar-refractivity contribution in [2.75, 3.05) is 7.11 Å². The second-order valence-electron chi connectivity index (χ2n) is 5.02. The van der Waals surface area contributed by atoms with Gasteiger partial charge in [-0.05, 0) is 55.9 Å². The van der Waals surface area contributed by atoms with Crippen molar-refractivity contribution >= 4 is 5.97 Å². The van der Waals surface area contributed by atoms with E-state index >= 15 is 0 Å². The maximum atomic E-state index is 11.9. The molecule has 3 nitrogen and oxygen atoms in total. The van der Waals surface area contributed by atoms with E-state index in [1.54, 1.807) is 31.4 Å². The summed E-state index contributed by atoms with van der Waals surface area (Å²) in [7, 11) is 1.61. The van der Waals surface area contributed by atoms with Crippen molar-refractivity contribution in [3.63, 3.8) is 0 Å². The molecule has 0 unspecified atom stereocenters. The minimum Gasteiger partial charge on any atom is -0.497 e. The molecule has 0 amide bonds. The molecule has 0 bridgehead atoms. The van der Waals surface area contributed by atoms with Crippen LogP contribution in [0.15, 0.2) is 24.3 Å². The van der Waals surface area contributed by atoms with Crippen LogP contribution in [0.4, 0.5) is 0 Å². The Labute approximate surface area is 108 Å². The second-order valence-corrected chi connectivity index (χ2v) is 5.02. The molecule has 0 spiro atoms. The van der Waals surface area contributed by atoms with E-state index in [9.17, 15) is 4.79 Å². The van der Waals surface area contributed by atoms with Gasteiger partial charge in [-0.3, -0.25) is 0 Å². The van der Waals surface area contributed by atoms with Crippen LogP contribution in [-0.4, -0.2) is 19.2 Å². The standard InChI is InChI=1S/C15H20O3/c1-11-3-7-14(8-4-11)18-15(16)12-5-9-13(17-2)10-6-12/h5-6,9-11,14H,3-4,7-8H2,1-2H3. The van der Waals surface area contributed by atoms with Crippen LogP contribution in [-0.2, 0) is 4.74 Å². The van der Waals surface area contributed by atoms with Crippen LogP contribution >= 0.6 is 0 Å². The summed E-state index contributed by atoms with van der Waals surface area (Å²) in [5.74, 6) is 1.29. The van der Waals surface area contributed by atoms with Crippen molar-refractivity contribution in [1.82, 2.24) is 0 Å². The van der Waals surface area contributed by atoms with Crippen LogP contribution in [0.3, 0.4) is 0 Å². The van der Waals surface area contributed by atoms with Crippen LogP contribution in [0.25, 0.3) is 0 Å². The van der Waals surface area contributed by atoms with Crippen molar-refractivity contribution in [1.29, 1.82) is 0 Å². The van der Waals surface area contributed by atoms with Crippen LogP contribution in [0.2, 0.25) is 0 Å². The molecule has 1 saturated carbocycles. The minimum atomic E-state index is -0.225. The molecular formula is C15H20O3. The minimum absolute atomic E-state index is 0.0933. The topological polar surface area (TPSA) is 35.5 Å². The molecule has 98 valence electrons. The SMILES string of the molecule is COc1ccc(C(=O)OC2CCC(C)CC2)cc1. The van der Waals surface area contributed by atoms with Crippen molar-refractivity contribution in [3.8, 4) is 5.75 Å². The maximum Gasteiger partial charge on any atom is 0.338 e. The van der Waals surface area contributed by atoms with Crippen molar-refractivity contribution in [2.45, 2.75) is 38.7 Å². The Morgan fingerprint density at radius 2 is 1.72 bits per heavy atom. The fourth-order valence-corrected chi connectivity index (χ4v) is 2.29. The molecule has 0 N–H and O–H groups in total. The summed E-state index contributed by atoms with van der Waals surface area (Å²) in [6, 6.07) is 7.04. The molecule has 0 aliphatic heterocycles. The fourth-order valence-electron chi connectivity index (χ4n) is 2.29. The average molecular weight is 248 g/mol. The van der Waals surface area contributed by atoms with Crippen LogP contribution in [0.1, 0.15) is 43.0 Å². The van der Waals surface area contributed by atoms with E-state index in [-0.39, 0.29) is 12.1 Å². The van der Waals surface area contributed by atoms with Gasteiger partial charge in [0.2, 0.25) is 0 Å². The Morgan fingerprint density at radius 3 is 2.28 bits per heavy atom. The highest BCUT2D eigenvalue weighted by atomic mass is 16.5. The highest BCUT2D eigenvalue weighted by molar-refractivity contribution is 5.89. The molecule has 2 rings (SSSR count). The summed E-state index contributed by atoms with van der Waals surface area (Å²) in [5.41, 5.74) is 0.592. The molecule has 0 saturated heterocycles. The molecule has 0 heterocycles. The molecule has 1 aliphatic carbocycles. The smallest absolute Gasteiger partial charge is 0.338 e. The highest BCUT2D eigenvalue weighted by Gasteiger charge is 2.21. The number of methoxy groups -OCH3 is 1. The molecular weight excluding hydrogens is 228 g/mol. The Hall–Kier alpha value is -1.51. The van der Waals surface area contributed by atoms with Gasteiger partial charge in [-0.2, -0.15) is 0 Å². The van der Waals surface area contributed by atoms with Gasteiger partial charge < -0.3 is 9.47 Å². The summed E-state index contributed by atoms with van der Waals surface area (Å²) in [6.45, 7) is 2.25. The number of carbonyl (C=O) groups is 1. The zero-order valence-electron chi connectivity index (χ0n) is 11.0. The van der Waals surface area contributed by atoms with Crippen LogP contribution in [0.5, 0.6) is 5.75 Å². The second kappa shape index (κ2) is 5.89. The van der Waals surface area contributed by atoms with Gasteiger partial charge in [0.15, 0.2) is 0 Å². The lowest BCUT2D eigenvalue weighted by Crippen LogP contribution is -2.23. The predicted molar refractivity (Wildman–Crippen MR) is 69.8 cm³/mol. The van der Waals surface area contributed by atoms with E-state index in [0.29, 0.717) is 5.56 Å². The molecule has 1 aromatic carbocycles. The van der Waals surface area contributed by atoms with Gasteiger partial charge in [0.1, 0.15) is 11.9 Å². The zero-order valence-corrected chi connectivity index (χ0v) is 11.0. The first kappa shape index (κ1) is 12.9. The summed E-state index contributed by atoms with van der Waals surface area (Å²) >= 11 is 0. The third-order valence-electron chi connectivity index (χ3n) is 3.56. The first-order chi connectivity index (χ1) is 8.69. The van der Waals surface area contributed by atoms with Gasteiger partial charge in [0, 0.05) is 0 Å². The summed E-state index contributed by atoms with van der Waals surface area (Å²) in [5, 5.41) is 0. The quantitative estimate of drug-likeness (QED) is 0.769. The van der Waals surface area contributed by atoms with E-state index in [2.05, 4.69) is 6.92 Å². The van der Waals surface area contributed by atoms with Crippen LogP contribution in [0, 0.1) is 5.92 Å². The van der Waals surface area contributed by atoms with Crippen LogP contribution < -0.4 is 4.74 Å². The summed E-state index contributed by atoms with van der Waals surface area (Å²) in [4.78, 5) is 11.9. The van der Waals surface area contributed by atoms with E-state index in [1.807, 2.05) is 0 Å². The Bertz CT molecular complexity index is 389. The highest BCUT2D eigenvalue weighted by Crippen LogP contribution is 2.26. The number of hydrogen-bond donors (Lipinski definition) is 0. The number of hydrogen-bond acceptors (Lipinski definition) is 3. The summed E-state index contributed by atoms with van der Waals surface area (Å²) in [6.07, 6.45) is 4.38. The molecule has 1 fully saturated rings. The first-order valence-electron chi connectivity index (χ1n) is 6.54.